The molecular formula is C22H30N4O3S. The van der Waals surface area contributed by atoms with Crippen molar-refractivity contribution in [2.45, 2.75) is 12.8 Å². The summed E-state index contributed by atoms with van der Waals surface area (Å²) in [4.78, 5) is 24.2. The predicted octanol–water partition coefficient (Wildman–Crippen LogP) is 2.77. The van der Waals surface area contributed by atoms with E-state index in [0.717, 1.165) is 76.3 Å². The number of rotatable bonds is 8. The molecule has 2 aliphatic rings. The molecule has 0 radical (unpaired) electrons. The van der Waals surface area contributed by atoms with E-state index in [0.29, 0.717) is 12.1 Å². The third kappa shape index (κ3) is 5.30. The SMILES string of the molecule is COc1cccc(N2CCN(c3nc(C(=O)CCCN4CCOCC4)cs3)CC2)c1. The van der Waals surface area contributed by atoms with Gasteiger partial charge in [-0.3, -0.25) is 9.69 Å². The van der Waals surface area contributed by atoms with Crippen molar-refractivity contribution in [3.63, 3.8) is 0 Å². The van der Waals surface area contributed by atoms with E-state index in [9.17, 15) is 4.79 Å². The maximum atomic E-state index is 12.5. The van der Waals surface area contributed by atoms with Gasteiger partial charge in [0.15, 0.2) is 10.9 Å². The largest absolute Gasteiger partial charge is 0.497 e. The Labute approximate surface area is 182 Å². The van der Waals surface area contributed by atoms with Crippen LogP contribution in [0.5, 0.6) is 5.75 Å². The van der Waals surface area contributed by atoms with Gasteiger partial charge >= 0.3 is 0 Å². The van der Waals surface area contributed by atoms with E-state index in [2.05, 4.69) is 31.8 Å². The minimum atomic E-state index is 0.153. The molecule has 2 aromatic rings. The maximum Gasteiger partial charge on any atom is 0.186 e. The third-order valence-electron chi connectivity index (χ3n) is 5.73. The average molecular weight is 431 g/mol. The van der Waals surface area contributed by atoms with Crippen LogP contribution in [-0.2, 0) is 4.74 Å². The summed E-state index contributed by atoms with van der Waals surface area (Å²) in [5.41, 5.74) is 1.80. The predicted molar refractivity (Wildman–Crippen MR) is 120 cm³/mol. The topological polar surface area (TPSA) is 58.1 Å². The van der Waals surface area contributed by atoms with Crippen molar-refractivity contribution in [1.82, 2.24) is 9.88 Å². The van der Waals surface area contributed by atoms with Crippen LogP contribution >= 0.6 is 11.3 Å². The van der Waals surface area contributed by atoms with Crippen LogP contribution in [0.3, 0.4) is 0 Å². The van der Waals surface area contributed by atoms with E-state index in [1.807, 2.05) is 17.5 Å². The third-order valence-corrected chi connectivity index (χ3v) is 6.63. The minimum Gasteiger partial charge on any atom is -0.497 e. The summed E-state index contributed by atoms with van der Waals surface area (Å²) in [6.45, 7) is 8.14. The number of ketones is 1. The highest BCUT2D eigenvalue weighted by molar-refractivity contribution is 7.13. The molecule has 30 heavy (non-hydrogen) atoms. The Kier molecular flexibility index (Phi) is 7.20. The molecule has 3 heterocycles. The first-order valence-electron chi connectivity index (χ1n) is 10.7. The summed E-state index contributed by atoms with van der Waals surface area (Å²) in [7, 11) is 1.70. The first-order valence-corrected chi connectivity index (χ1v) is 11.5. The van der Waals surface area contributed by atoms with Gasteiger partial charge in [0.25, 0.3) is 0 Å². The van der Waals surface area contributed by atoms with Gasteiger partial charge in [-0.2, -0.15) is 0 Å². The standard InChI is InChI=1S/C22H30N4O3S/c1-28-19-5-2-4-18(16-19)25-8-10-26(11-9-25)22-23-20(17-30-22)21(27)6-3-7-24-12-14-29-15-13-24/h2,4-5,16-17H,3,6-15H2,1H3. The first-order chi connectivity index (χ1) is 14.7. The molecule has 0 aliphatic carbocycles. The number of hydrogen-bond donors (Lipinski definition) is 0. The van der Waals surface area contributed by atoms with Crippen molar-refractivity contribution in [3.05, 3.63) is 35.3 Å². The number of aromatic nitrogens is 1. The second kappa shape index (κ2) is 10.2. The lowest BCUT2D eigenvalue weighted by molar-refractivity contribution is 0.0371. The van der Waals surface area contributed by atoms with Crippen LogP contribution in [0.25, 0.3) is 0 Å². The fourth-order valence-corrected chi connectivity index (χ4v) is 4.80. The number of Topliss-reactive ketones (excluding diaryl/α,β-unsaturated/α-hetero) is 1. The summed E-state index contributed by atoms with van der Waals surface area (Å²) in [5, 5.41) is 2.87. The van der Waals surface area contributed by atoms with Gasteiger partial charge in [0, 0.05) is 62.8 Å². The molecule has 2 aliphatic heterocycles. The second-order valence-corrected chi connectivity index (χ2v) is 8.51. The summed E-state index contributed by atoms with van der Waals surface area (Å²) in [5.74, 6) is 1.03. The van der Waals surface area contributed by atoms with E-state index in [1.54, 1.807) is 18.4 Å². The molecule has 0 N–H and O–H groups in total. The molecule has 0 saturated carbocycles. The molecule has 7 nitrogen and oxygen atoms in total. The number of carbonyl (C=O) groups excluding carboxylic acids is 1. The monoisotopic (exact) mass is 430 g/mol. The summed E-state index contributed by atoms with van der Waals surface area (Å²) >= 11 is 1.58. The van der Waals surface area contributed by atoms with E-state index in [4.69, 9.17) is 9.47 Å². The normalized spacial score (nSPS) is 17.9. The zero-order chi connectivity index (χ0) is 20.8. The Morgan fingerprint density at radius 3 is 2.67 bits per heavy atom. The molecule has 0 atom stereocenters. The van der Waals surface area contributed by atoms with E-state index in [-0.39, 0.29) is 5.78 Å². The van der Waals surface area contributed by atoms with Crippen molar-refractivity contribution in [2.24, 2.45) is 0 Å². The number of ether oxygens (including phenoxy) is 2. The Hall–Kier alpha value is -2.16. The van der Waals surface area contributed by atoms with Gasteiger partial charge in [-0.05, 0) is 25.1 Å². The number of morpholine rings is 1. The van der Waals surface area contributed by atoms with Crippen molar-refractivity contribution in [1.29, 1.82) is 0 Å². The quantitative estimate of drug-likeness (QED) is 0.597. The van der Waals surface area contributed by atoms with Crippen molar-refractivity contribution >= 4 is 27.9 Å². The van der Waals surface area contributed by atoms with Crippen LogP contribution in [0.4, 0.5) is 10.8 Å². The van der Waals surface area contributed by atoms with E-state index in [1.165, 1.54) is 5.69 Å². The fourth-order valence-electron chi connectivity index (χ4n) is 3.92. The van der Waals surface area contributed by atoms with Gasteiger partial charge in [-0.15, -0.1) is 11.3 Å². The van der Waals surface area contributed by atoms with Crippen LogP contribution in [0.2, 0.25) is 0 Å². The molecule has 2 fully saturated rings. The van der Waals surface area contributed by atoms with Gasteiger partial charge in [0.1, 0.15) is 11.4 Å². The molecule has 0 bridgehead atoms. The van der Waals surface area contributed by atoms with Gasteiger partial charge in [0.05, 0.1) is 20.3 Å². The molecule has 1 aromatic heterocycles. The van der Waals surface area contributed by atoms with E-state index < -0.39 is 0 Å². The highest BCUT2D eigenvalue weighted by atomic mass is 32.1. The number of anilines is 2. The summed E-state index contributed by atoms with van der Waals surface area (Å²) < 4.78 is 10.7. The molecule has 162 valence electrons. The molecule has 1 aromatic carbocycles. The van der Waals surface area contributed by atoms with Crippen LogP contribution in [0.1, 0.15) is 23.3 Å². The molecular weight excluding hydrogens is 400 g/mol. The van der Waals surface area contributed by atoms with Crippen LogP contribution in [0.15, 0.2) is 29.6 Å². The number of benzene rings is 1. The Morgan fingerprint density at radius 1 is 1.13 bits per heavy atom. The lowest BCUT2D eigenvalue weighted by Gasteiger charge is -2.36. The van der Waals surface area contributed by atoms with Crippen LogP contribution < -0.4 is 14.5 Å². The minimum absolute atomic E-state index is 0.153. The first kappa shape index (κ1) is 21.1. The fraction of sp³-hybridized carbons (Fsp3) is 0.545. The highest BCUT2D eigenvalue weighted by Gasteiger charge is 2.21. The van der Waals surface area contributed by atoms with Crippen LogP contribution in [0, 0.1) is 0 Å². The Morgan fingerprint density at radius 2 is 1.90 bits per heavy atom. The van der Waals surface area contributed by atoms with E-state index >= 15 is 0 Å². The average Bonchev–Trinajstić information content (AvgIpc) is 3.30. The van der Waals surface area contributed by atoms with Gasteiger partial charge in [-0.25, -0.2) is 4.98 Å². The summed E-state index contributed by atoms with van der Waals surface area (Å²) in [6, 6.07) is 8.19. The highest BCUT2D eigenvalue weighted by Crippen LogP contribution is 2.26. The molecule has 0 unspecified atom stereocenters. The number of methoxy groups -OCH3 is 1. The number of carbonyl (C=O) groups is 1. The van der Waals surface area contributed by atoms with Crippen LogP contribution in [-0.4, -0.2) is 81.8 Å². The smallest absolute Gasteiger partial charge is 0.186 e. The number of thiazole rings is 1. The van der Waals surface area contributed by atoms with Gasteiger partial charge in [0.2, 0.25) is 0 Å². The zero-order valence-electron chi connectivity index (χ0n) is 17.6. The van der Waals surface area contributed by atoms with Crippen molar-refractivity contribution in [2.75, 3.05) is 75.9 Å². The van der Waals surface area contributed by atoms with Gasteiger partial charge in [-0.1, -0.05) is 6.07 Å². The molecule has 0 amide bonds. The molecule has 8 heteroatoms. The van der Waals surface area contributed by atoms with Crippen molar-refractivity contribution in [3.8, 4) is 5.75 Å². The number of hydrogen-bond acceptors (Lipinski definition) is 8. The molecule has 0 spiro atoms. The second-order valence-electron chi connectivity index (χ2n) is 7.67. The summed E-state index contributed by atoms with van der Waals surface area (Å²) in [6.07, 6.45) is 1.44. The Balaban J connectivity index is 1.25. The lowest BCUT2D eigenvalue weighted by atomic mass is 10.2. The molecule has 4 rings (SSSR count). The van der Waals surface area contributed by atoms with Crippen molar-refractivity contribution < 1.29 is 14.3 Å². The number of piperazine rings is 1. The number of nitrogens with zero attached hydrogens (tertiary/aromatic N) is 4. The zero-order valence-corrected chi connectivity index (χ0v) is 18.4. The van der Waals surface area contributed by atoms with Gasteiger partial charge < -0.3 is 19.3 Å². The maximum absolute atomic E-state index is 12.5. The molecule has 2 saturated heterocycles. The Bertz CT molecular complexity index is 829. The lowest BCUT2D eigenvalue weighted by Crippen LogP contribution is -2.46.